The van der Waals surface area contributed by atoms with Crippen LogP contribution in [0, 0.1) is 5.92 Å². The summed E-state index contributed by atoms with van der Waals surface area (Å²) in [6.07, 6.45) is 3.22. The molecule has 4 nitrogen and oxygen atoms in total. The predicted octanol–water partition coefficient (Wildman–Crippen LogP) is 0.974. The number of esters is 1. The minimum Gasteiger partial charge on any atom is -0.461 e. The van der Waals surface area contributed by atoms with Gasteiger partial charge in [-0.15, -0.1) is 0 Å². The van der Waals surface area contributed by atoms with Crippen LogP contribution in [0.1, 0.15) is 19.8 Å². The summed E-state index contributed by atoms with van der Waals surface area (Å²) in [7, 11) is 0. The number of likely N-dealkylation sites (tertiary alicyclic amines) is 1. The Morgan fingerprint density at radius 2 is 2.33 bits per heavy atom. The molecule has 0 bridgehead atoms. The van der Waals surface area contributed by atoms with E-state index in [1.54, 1.807) is 11.0 Å². The molecule has 15 heavy (non-hydrogen) atoms. The Morgan fingerprint density at radius 3 is 2.93 bits per heavy atom. The van der Waals surface area contributed by atoms with Gasteiger partial charge in [-0.1, -0.05) is 12.7 Å². The fraction of sp³-hybridized carbons (Fsp3) is 0.636. The Labute approximate surface area is 89.9 Å². The number of hydrogen-bond donors (Lipinski definition) is 0. The molecule has 0 aromatic rings. The van der Waals surface area contributed by atoms with Crippen molar-refractivity contribution in [3.63, 3.8) is 0 Å². The van der Waals surface area contributed by atoms with Crippen molar-refractivity contribution in [1.29, 1.82) is 0 Å². The number of nitrogens with zero attached hydrogens (tertiary/aromatic N) is 1. The molecule has 0 saturated carbocycles. The molecule has 0 aromatic carbocycles. The molecule has 1 aliphatic heterocycles. The van der Waals surface area contributed by atoms with Crippen molar-refractivity contribution in [2.24, 2.45) is 5.92 Å². The normalized spacial score (nSPS) is 20.9. The molecular weight excluding hydrogens is 194 g/mol. The summed E-state index contributed by atoms with van der Waals surface area (Å²) in [6, 6.07) is 0. The van der Waals surface area contributed by atoms with Crippen LogP contribution in [0.25, 0.3) is 0 Å². The number of carbonyl (C=O) groups is 2. The Morgan fingerprint density at radius 1 is 1.60 bits per heavy atom. The highest BCUT2D eigenvalue weighted by atomic mass is 16.5. The summed E-state index contributed by atoms with van der Waals surface area (Å²) in [5, 5.41) is 0. The van der Waals surface area contributed by atoms with Crippen LogP contribution in [0.4, 0.5) is 0 Å². The van der Waals surface area contributed by atoms with E-state index in [1.807, 2.05) is 0 Å². The van der Waals surface area contributed by atoms with Crippen LogP contribution < -0.4 is 0 Å². The van der Waals surface area contributed by atoms with Crippen LogP contribution in [0.5, 0.6) is 0 Å². The van der Waals surface area contributed by atoms with Gasteiger partial charge in [-0.25, -0.2) is 0 Å². The van der Waals surface area contributed by atoms with Crippen molar-refractivity contribution in [2.75, 3.05) is 19.7 Å². The molecule has 4 heteroatoms. The molecule has 0 aromatic heterocycles. The molecule has 1 heterocycles. The molecule has 1 atom stereocenters. The zero-order valence-corrected chi connectivity index (χ0v) is 9.07. The number of ether oxygens (including phenoxy) is 1. The first-order valence-corrected chi connectivity index (χ1v) is 5.18. The summed E-state index contributed by atoms with van der Waals surface area (Å²) in [6.45, 7) is 6.49. The molecule has 0 spiro atoms. The zero-order valence-electron chi connectivity index (χ0n) is 9.07. The Bertz CT molecular complexity index is 263. The Hall–Kier alpha value is -1.32. The third-order valence-electron chi connectivity index (χ3n) is 2.54. The van der Waals surface area contributed by atoms with Gasteiger partial charge in [0.1, 0.15) is 6.61 Å². The molecule has 1 amide bonds. The minimum absolute atomic E-state index is 0.0243. The lowest BCUT2D eigenvalue weighted by molar-refractivity contribution is -0.150. The maximum absolute atomic E-state index is 11.5. The van der Waals surface area contributed by atoms with E-state index in [0.717, 1.165) is 19.4 Å². The van der Waals surface area contributed by atoms with Gasteiger partial charge in [-0.3, -0.25) is 9.59 Å². The minimum atomic E-state index is -0.221. The van der Waals surface area contributed by atoms with Crippen molar-refractivity contribution in [3.8, 4) is 0 Å². The fourth-order valence-corrected chi connectivity index (χ4v) is 1.71. The molecule has 0 N–H and O–H groups in total. The first-order valence-electron chi connectivity index (χ1n) is 5.18. The van der Waals surface area contributed by atoms with Crippen molar-refractivity contribution in [1.82, 2.24) is 4.90 Å². The summed E-state index contributed by atoms with van der Waals surface area (Å²) in [5.74, 6) is -0.361. The molecular formula is C11H17NO3. The van der Waals surface area contributed by atoms with Gasteiger partial charge in [0.25, 0.3) is 0 Å². The highest BCUT2D eigenvalue weighted by Crippen LogP contribution is 2.17. The second kappa shape index (κ2) is 5.53. The van der Waals surface area contributed by atoms with Gasteiger partial charge in [0.2, 0.25) is 5.91 Å². The Kier molecular flexibility index (Phi) is 4.34. The molecule has 0 radical (unpaired) electrons. The molecule has 1 rings (SSSR count). The Balaban J connectivity index is 2.44. The maximum atomic E-state index is 11.5. The van der Waals surface area contributed by atoms with Gasteiger partial charge in [-0.05, 0) is 12.8 Å². The third-order valence-corrected chi connectivity index (χ3v) is 2.54. The zero-order chi connectivity index (χ0) is 11.3. The first-order chi connectivity index (χ1) is 7.15. The van der Waals surface area contributed by atoms with Crippen molar-refractivity contribution < 1.29 is 14.3 Å². The fourth-order valence-electron chi connectivity index (χ4n) is 1.71. The van der Waals surface area contributed by atoms with E-state index >= 15 is 0 Å². The lowest BCUT2D eigenvalue weighted by atomic mass is 9.98. The molecule has 84 valence electrons. The van der Waals surface area contributed by atoms with Crippen LogP contribution in [-0.4, -0.2) is 36.5 Å². The topological polar surface area (TPSA) is 46.6 Å². The van der Waals surface area contributed by atoms with E-state index in [2.05, 4.69) is 6.58 Å². The number of hydrogen-bond acceptors (Lipinski definition) is 3. The standard InChI is InChI=1S/C11H17NO3/c1-3-7-15-11(14)10-5-4-6-12(8-10)9(2)13/h3,10H,1,4-8H2,2H3. The molecule has 1 unspecified atom stereocenters. The number of amides is 1. The first kappa shape index (κ1) is 11.8. The largest absolute Gasteiger partial charge is 0.461 e. The van der Waals surface area contributed by atoms with Crippen LogP contribution in [0.3, 0.4) is 0 Å². The van der Waals surface area contributed by atoms with E-state index < -0.39 is 0 Å². The second-order valence-corrected chi connectivity index (χ2v) is 3.72. The monoisotopic (exact) mass is 211 g/mol. The quantitative estimate of drug-likeness (QED) is 0.516. The van der Waals surface area contributed by atoms with Gasteiger partial charge in [0.15, 0.2) is 0 Å². The van der Waals surface area contributed by atoms with Crippen LogP contribution in [-0.2, 0) is 14.3 Å². The van der Waals surface area contributed by atoms with Crippen LogP contribution in [0.15, 0.2) is 12.7 Å². The van der Waals surface area contributed by atoms with Crippen molar-refractivity contribution >= 4 is 11.9 Å². The molecule has 0 aliphatic carbocycles. The van der Waals surface area contributed by atoms with E-state index in [0.29, 0.717) is 6.54 Å². The SMILES string of the molecule is C=CCOC(=O)C1CCCN(C(C)=O)C1. The van der Waals surface area contributed by atoms with E-state index in [1.165, 1.54) is 6.92 Å². The number of piperidine rings is 1. The smallest absolute Gasteiger partial charge is 0.311 e. The van der Waals surface area contributed by atoms with E-state index in [-0.39, 0.29) is 24.4 Å². The summed E-state index contributed by atoms with van der Waals surface area (Å²) in [5.41, 5.74) is 0. The lowest BCUT2D eigenvalue weighted by Crippen LogP contribution is -2.41. The average Bonchev–Trinajstić information content (AvgIpc) is 2.26. The van der Waals surface area contributed by atoms with E-state index in [9.17, 15) is 9.59 Å². The van der Waals surface area contributed by atoms with Gasteiger partial charge in [-0.2, -0.15) is 0 Å². The van der Waals surface area contributed by atoms with Crippen LogP contribution in [0.2, 0.25) is 0 Å². The summed E-state index contributed by atoms with van der Waals surface area (Å²) >= 11 is 0. The average molecular weight is 211 g/mol. The van der Waals surface area contributed by atoms with Crippen molar-refractivity contribution in [3.05, 3.63) is 12.7 Å². The highest BCUT2D eigenvalue weighted by Gasteiger charge is 2.27. The molecule has 1 fully saturated rings. The van der Waals surface area contributed by atoms with Crippen LogP contribution >= 0.6 is 0 Å². The van der Waals surface area contributed by atoms with Gasteiger partial charge in [0, 0.05) is 20.0 Å². The number of rotatable bonds is 3. The lowest BCUT2D eigenvalue weighted by Gasteiger charge is -2.30. The number of carbonyl (C=O) groups excluding carboxylic acids is 2. The van der Waals surface area contributed by atoms with E-state index in [4.69, 9.17) is 4.74 Å². The molecule has 1 saturated heterocycles. The third kappa shape index (κ3) is 3.38. The molecule has 1 aliphatic rings. The second-order valence-electron chi connectivity index (χ2n) is 3.72. The summed E-state index contributed by atoms with van der Waals surface area (Å²) < 4.78 is 4.96. The summed E-state index contributed by atoms with van der Waals surface area (Å²) in [4.78, 5) is 24.4. The van der Waals surface area contributed by atoms with Gasteiger partial charge in [0.05, 0.1) is 5.92 Å². The van der Waals surface area contributed by atoms with Gasteiger partial charge < -0.3 is 9.64 Å². The maximum Gasteiger partial charge on any atom is 0.311 e. The highest BCUT2D eigenvalue weighted by molar-refractivity contribution is 5.76. The van der Waals surface area contributed by atoms with Crippen molar-refractivity contribution in [2.45, 2.75) is 19.8 Å². The predicted molar refractivity (Wildman–Crippen MR) is 56.1 cm³/mol. The van der Waals surface area contributed by atoms with Gasteiger partial charge >= 0.3 is 5.97 Å².